The van der Waals surface area contributed by atoms with E-state index in [1.54, 1.807) is 40.8 Å². The number of benzene rings is 2. The van der Waals surface area contributed by atoms with Crippen molar-refractivity contribution in [1.29, 1.82) is 0 Å². The summed E-state index contributed by atoms with van der Waals surface area (Å²) < 4.78 is 54.2. The number of rotatable bonds is 4. The van der Waals surface area contributed by atoms with E-state index in [2.05, 4.69) is 4.74 Å². The zero-order chi connectivity index (χ0) is 17.3. The third-order valence-corrected chi connectivity index (χ3v) is 4.61. The quantitative estimate of drug-likeness (QED) is 0.301. The van der Waals surface area contributed by atoms with Crippen LogP contribution in [0.4, 0.5) is 17.6 Å². The Kier molecular flexibility index (Phi) is 5.45. The molecule has 0 aliphatic carbocycles. The van der Waals surface area contributed by atoms with E-state index >= 15 is 4.39 Å². The molecule has 23 heavy (non-hydrogen) atoms. The summed E-state index contributed by atoms with van der Waals surface area (Å²) in [7, 11) is 0. The minimum Gasteiger partial charge on any atom is -0.484 e. The van der Waals surface area contributed by atoms with E-state index in [1.807, 2.05) is 6.92 Å². The normalized spacial score (nSPS) is 14.4. The second kappa shape index (κ2) is 6.84. The van der Waals surface area contributed by atoms with Crippen LogP contribution in [0.15, 0.2) is 42.5 Å². The van der Waals surface area contributed by atoms with Gasteiger partial charge < -0.3 is 4.74 Å². The first kappa shape index (κ1) is 18.3. The van der Waals surface area contributed by atoms with Gasteiger partial charge in [0.25, 0.3) is 0 Å². The SMILES string of the molecule is Cc1ccc(Cl)c(C(F)(I)c2ccc(OCC(F)(F)F)cc2)c1. The lowest BCUT2D eigenvalue weighted by Crippen LogP contribution is -2.19. The van der Waals surface area contributed by atoms with Gasteiger partial charge in [-0.3, -0.25) is 0 Å². The van der Waals surface area contributed by atoms with Gasteiger partial charge in [0.1, 0.15) is 5.75 Å². The molecule has 0 fully saturated rings. The molecule has 1 nitrogen and oxygen atoms in total. The van der Waals surface area contributed by atoms with Gasteiger partial charge in [-0.05, 0) is 47.7 Å². The second-order valence-corrected chi connectivity index (χ2v) is 6.88. The Balaban J connectivity index is 2.25. The maximum Gasteiger partial charge on any atom is 0.422 e. The molecule has 2 rings (SSSR count). The molecule has 2 aromatic carbocycles. The van der Waals surface area contributed by atoms with Gasteiger partial charge in [0.2, 0.25) is 3.68 Å². The van der Waals surface area contributed by atoms with Gasteiger partial charge >= 0.3 is 6.18 Å². The van der Waals surface area contributed by atoms with E-state index < -0.39 is 16.5 Å². The monoisotopic (exact) mass is 458 g/mol. The molecule has 0 bridgehead atoms. The third kappa shape index (κ3) is 4.73. The molecule has 0 radical (unpaired) electrons. The van der Waals surface area contributed by atoms with Crippen LogP contribution in [-0.2, 0) is 3.68 Å². The highest BCUT2D eigenvalue weighted by molar-refractivity contribution is 14.1. The van der Waals surface area contributed by atoms with Crippen LogP contribution in [0.2, 0.25) is 5.02 Å². The van der Waals surface area contributed by atoms with E-state index in [0.717, 1.165) is 5.56 Å². The maximum atomic E-state index is 15.2. The Morgan fingerprint density at radius 1 is 1.04 bits per heavy atom. The van der Waals surface area contributed by atoms with Crippen LogP contribution < -0.4 is 4.74 Å². The first-order chi connectivity index (χ1) is 10.6. The van der Waals surface area contributed by atoms with Gasteiger partial charge in [-0.15, -0.1) is 0 Å². The highest BCUT2D eigenvalue weighted by Crippen LogP contribution is 2.44. The zero-order valence-corrected chi connectivity index (χ0v) is 14.8. The van der Waals surface area contributed by atoms with Crippen molar-refractivity contribution >= 4 is 34.2 Å². The summed E-state index contributed by atoms with van der Waals surface area (Å²) in [6, 6.07) is 10.4. The summed E-state index contributed by atoms with van der Waals surface area (Å²) in [6.45, 7) is 0.432. The van der Waals surface area contributed by atoms with Crippen molar-refractivity contribution in [1.82, 2.24) is 0 Å². The van der Waals surface area contributed by atoms with Gasteiger partial charge in [-0.1, -0.05) is 41.4 Å². The van der Waals surface area contributed by atoms with E-state index in [0.29, 0.717) is 5.56 Å². The van der Waals surface area contributed by atoms with E-state index in [4.69, 9.17) is 11.6 Å². The Morgan fingerprint density at radius 2 is 1.65 bits per heavy atom. The lowest BCUT2D eigenvalue weighted by Gasteiger charge is -2.21. The molecule has 124 valence electrons. The van der Waals surface area contributed by atoms with E-state index in [1.165, 1.54) is 24.3 Å². The first-order valence-electron chi connectivity index (χ1n) is 6.54. The Hall–Kier alpha value is -1.02. The van der Waals surface area contributed by atoms with Crippen molar-refractivity contribution in [2.24, 2.45) is 0 Å². The van der Waals surface area contributed by atoms with Crippen molar-refractivity contribution in [3.8, 4) is 5.75 Å². The fourth-order valence-corrected chi connectivity index (χ4v) is 3.17. The second-order valence-electron chi connectivity index (χ2n) is 4.99. The van der Waals surface area contributed by atoms with Gasteiger partial charge in [0.15, 0.2) is 6.61 Å². The number of halogens is 6. The molecule has 0 saturated heterocycles. The molecule has 0 amide bonds. The average molecular weight is 459 g/mol. The Bertz CT molecular complexity index is 683. The molecular formula is C16H12ClF4IO. The largest absolute Gasteiger partial charge is 0.484 e. The average Bonchev–Trinajstić information content (AvgIpc) is 2.47. The summed E-state index contributed by atoms with van der Waals surface area (Å²) in [5.41, 5.74) is 1.42. The molecule has 0 N–H and O–H groups in total. The van der Waals surface area contributed by atoms with Crippen LogP contribution in [-0.4, -0.2) is 12.8 Å². The summed E-state index contributed by atoms with van der Waals surface area (Å²) in [5.74, 6) is 0.0219. The van der Waals surface area contributed by atoms with E-state index in [9.17, 15) is 13.2 Å². The predicted molar refractivity (Wildman–Crippen MR) is 90.1 cm³/mol. The molecule has 0 aliphatic heterocycles. The van der Waals surface area contributed by atoms with Crippen molar-refractivity contribution in [3.63, 3.8) is 0 Å². The predicted octanol–water partition coefficient (Wildman–Crippen LogP) is 6.20. The summed E-state index contributed by atoms with van der Waals surface area (Å²) in [5, 5.41) is 0.282. The van der Waals surface area contributed by atoms with Gasteiger partial charge in [-0.2, -0.15) is 13.2 Å². The lowest BCUT2D eigenvalue weighted by molar-refractivity contribution is -0.153. The molecule has 0 saturated carbocycles. The molecule has 0 aliphatic rings. The van der Waals surface area contributed by atoms with Crippen LogP contribution in [0.3, 0.4) is 0 Å². The number of ether oxygens (including phenoxy) is 1. The minimum absolute atomic E-state index is 0.0219. The fourth-order valence-electron chi connectivity index (χ4n) is 1.96. The summed E-state index contributed by atoms with van der Waals surface area (Å²) >= 11 is 7.69. The number of hydrogen-bond donors (Lipinski definition) is 0. The lowest BCUT2D eigenvalue weighted by atomic mass is 10.0. The molecule has 1 unspecified atom stereocenters. The zero-order valence-electron chi connectivity index (χ0n) is 11.9. The molecular weight excluding hydrogens is 447 g/mol. The fraction of sp³-hybridized carbons (Fsp3) is 0.250. The third-order valence-electron chi connectivity index (χ3n) is 3.08. The van der Waals surface area contributed by atoms with Gasteiger partial charge in [0.05, 0.1) is 0 Å². The minimum atomic E-state index is -4.42. The summed E-state index contributed by atoms with van der Waals surface area (Å²) in [4.78, 5) is 0. The highest BCUT2D eigenvalue weighted by atomic mass is 127. The van der Waals surface area contributed by atoms with Crippen LogP contribution in [0.1, 0.15) is 16.7 Å². The van der Waals surface area contributed by atoms with Gasteiger partial charge in [-0.25, -0.2) is 4.39 Å². The molecule has 2 aromatic rings. The van der Waals surface area contributed by atoms with Crippen molar-refractivity contribution in [3.05, 3.63) is 64.2 Å². The first-order valence-corrected chi connectivity index (χ1v) is 8.00. The van der Waals surface area contributed by atoms with Crippen LogP contribution in [0.25, 0.3) is 0 Å². The van der Waals surface area contributed by atoms with Crippen molar-refractivity contribution in [2.45, 2.75) is 16.8 Å². The van der Waals surface area contributed by atoms with Gasteiger partial charge in [0, 0.05) is 16.1 Å². The molecule has 1 atom stereocenters. The summed E-state index contributed by atoms with van der Waals surface area (Å²) in [6.07, 6.45) is -4.42. The van der Waals surface area contributed by atoms with E-state index in [-0.39, 0.29) is 16.3 Å². The van der Waals surface area contributed by atoms with Crippen LogP contribution in [0.5, 0.6) is 5.75 Å². The topological polar surface area (TPSA) is 9.23 Å². The number of alkyl halides is 5. The number of hydrogen-bond acceptors (Lipinski definition) is 1. The smallest absolute Gasteiger partial charge is 0.422 e. The Labute approximate surface area is 149 Å². The molecule has 0 spiro atoms. The van der Waals surface area contributed by atoms with Crippen molar-refractivity contribution in [2.75, 3.05) is 6.61 Å². The van der Waals surface area contributed by atoms with Crippen LogP contribution in [0, 0.1) is 6.92 Å². The number of aryl methyl sites for hydroxylation is 1. The van der Waals surface area contributed by atoms with Crippen molar-refractivity contribution < 1.29 is 22.3 Å². The Morgan fingerprint density at radius 3 is 2.22 bits per heavy atom. The molecule has 0 aromatic heterocycles. The highest BCUT2D eigenvalue weighted by Gasteiger charge is 2.33. The maximum absolute atomic E-state index is 15.2. The molecule has 0 heterocycles. The standard InChI is InChI=1S/C16H12ClF4IO/c1-10-2-7-14(17)13(8-10)16(21,22)11-3-5-12(6-4-11)23-9-15(18,19)20/h2-8H,9H2,1H3. The van der Waals surface area contributed by atoms with Crippen LogP contribution >= 0.6 is 34.2 Å². The molecule has 7 heteroatoms.